The Bertz CT molecular complexity index is 428. The van der Waals surface area contributed by atoms with Gasteiger partial charge in [-0.15, -0.1) is 0 Å². The Labute approximate surface area is 100 Å². The second kappa shape index (κ2) is 4.14. The highest BCUT2D eigenvalue weighted by molar-refractivity contribution is 5.80. The number of nitrogens with one attached hydrogen (secondary N) is 3. The first kappa shape index (κ1) is 10.8. The Balaban J connectivity index is 1.56. The fraction of sp³-hybridized carbons (Fsp3) is 0.667. The van der Waals surface area contributed by atoms with Crippen molar-refractivity contribution in [1.82, 2.24) is 20.8 Å². The molecule has 2 fully saturated rings. The highest BCUT2D eigenvalue weighted by atomic mass is 16.1. The van der Waals surface area contributed by atoms with Crippen molar-refractivity contribution in [1.29, 1.82) is 0 Å². The lowest BCUT2D eigenvalue weighted by molar-refractivity contribution is -0.125. The van der Waals surface area contributed by atoms with Crippen LogP contribution in [0.4, 0.5) is 0 Å². The van der Waals surface area contributed by atoms with Gasteiger partial charge < -0.3 is 10.6 Å². The molecule has 3 heterocycles. The van der Waals surface area contributed by atoms with Gasteiger partial charge in [-0.3, -0.25) is 9.89 Å². The Morgan fingerprint density at radius 3 is 3.06 bits per heavy atom. The SMILES string of the molecule is Cc1[nH]ncc1CNC(=O)C1CC2CCC1N2. The Hall–Kier alpha value is -1.36. The number of aromatic nitrogens is 2. The van der Waals surface area contributed by atoms with Gasteiger partial charge in [-0.25, -0.2) is 0 Å². The third-order valence-electron chi connectivity index (χ3n) is 4.02. The van der Waals surface area contributed by atoms with Crippen LogP contribution in [-0.2, 0) is 11.3 Å². The molecule has 3 unspecified atom stereocenters. The summed E-state index contributed by atoms with van der Waals surface area (Å²) in [5.41, 5.74) is 2.09. The maximum atomic E-state index is 12.1. The van der Waals surface area contributed by atoms with Crippen LogP contribution in [-0.4, -0.2) is 28.2 Å². The molecule has 3 N–H and O–H groups in total. The summed E-state index contributed by atoms with van der Waals surface area (Å²) < 4.78 is 0. The number of nitrogens with zero attached hydrogens (tertiary/aromatic N) is 1. The smallest absolute Gasteiger partial charge is 0.225 e. The van der Waals surface area contributed by atoms with E-state index in [1.165, 1.54) is 6.42 Å². The Kier molecular flexibility index (Phi) is 2.63. The first-order chi connectivity index (χ1) is 8.24. The number of amides is 1. The molecule has 2 saturated heterocycles. The van der Waals surface area contributed by atoms with Gasteiger partial charge in [0.2, 0.25) is 5.91 Å². The zero-order valence-electron chi connectivity index (χ0n) is 9.99. The monoisotopic (exact) mass is 234 g/mol. The van der Waals surface area contributed by atoms with Crippen molar-refractivity contribution < 1.29 is 4.79 Å². The normalized spacial score (nSPS) is 30.8. The van der Waals surface area contributed by atoms with Crippen molar-refractivity contribution in [3.05, 3.63) is 17.5 Å². The fourth-order valence-electron chi connectivity index (χ4n) is 2.98. The lowest BCUT2D eigenvalue weighted by atomic mass is 9.88. The zero-order chi connectivity index (χ0) is 11.8. The average Bonchev–Trinajstić information content (AvgIpc) is 3.01. The summed E-state index contributed by atoms with van der Waals surface area (Å²) in [4.78, 5) is 12.1. The highest BCUT2D eigenvalue weighted by Crippen LogP contribution is 2.33. The van der Waals surface area contributed by atoms with Gasteiger partial charge >= 0.3 is 0 Å². The lowest BCUT2D eigenvalue weighted by Gasteiger charge is -2.19. The second-order valence-electron chi connectivity index (χ2n) is 5.13. The minimum Gasteiger partial charge on any atom is -0.352 e. The van der Waals surface area contributed by atoms with Gasteiger partial charge in [0.15, 0.2) is 0 Å². The molecule has 3 rings (SSSR count). The summed E-state index contributed by atoms with van der Waals surface area (Å²) in [7, 11) is 0. The van der Waals surface area contributed by atoms with Crippen molar-refractivity contribution in [3.8, 4) is 0 Å². The van der Waals surface area contributed by atoms with E-state index in [0.29, 0.717) is 18.6 Å². The predicted molar refractivity (Wildman–Crippen MR) is 63.2 cm³/mol. The van der Waals surface area contributed by atoms with Gasteiger partial charge in [0, 0.05) is 29.9 Å². The molecule has 0 spiro atoms. The quantitative estimate of drug-likeness (QED) is 0.712. The predicted octanol–water partition coefficient (Wildman–Crippen LogP) is 0.475. The lowest BCUT2D eigenvalue weighted by Crippen LogP contribution is -2.37. The van der Waals surface area contributed by atoms with Gasteiger partial charge in [-0.2, -0.15) is 5.10 Å². The molecule has 2 aliphatic heterocycles. The van der Waals surface area contributed by atoms with Gasteiger partial charge in [0.25, 0.3) is 0 Å². The molecule has 1 amide bonds. The Morgan fingerprint density at radius 1 is 1.59 bits per heavy atom. The molecule has 5 nitrogen and oxygen atoms in total. The number of H-pyrrole nitrogens is 1. The third-order valence-corrected chi connectivity index (χ3v) is 4.02. The molecule has 0 aliphatic carbocycles. The van der Waals surface area contributed by atoms with Crippen LogP contribution in [0.25, 0.3) is 0 Å². The molecule has 1 aromatic heterocycles. The summed E-state index contributed by atoms with van der Waals surface area (Å²) >= 11 is 0. The maximum absolute atomic E-state index is 12.1. The molecule has 0 radical (unpaired) electrons. The topological polar surface area (TPSA) is 69.8 Å². The van der Waals surface area contributed by atoms with Crippen LogP contribution < -0.4 is 10.6 Å². The number of rotatable bonds is 3. The molecule has 1 aromatic rings. The van der Waals surface area contributed by atoms with E-state index < -0.39 is 0 Å². The molecular formula is C12H18N4O. The summed E-state index contributed by atoms with van der Waals surface area (Å²) in [6.07, 6.45) is 5.15. The van der Waals surface area contributed by atoms with E-state index in [-0.39, 0.29) is 11.8 Å². The maximum Gasteiger partial charge on any atom is 0.225 e. The standard InChI is InChI=1S/C12H18N4O/c1-7-8(6-14-16-7)5-13-12(17)10-4-9-2-3-11(10)15-9/h6,9-11,15H,2-5H2,1H3,(H,13,17)(H,14,16). The Morgan fingerprint density at radius 2 is 2.47 bits per heavy atom. The summed E-state index contributed by atoms with van der Waals surface area (Å²) in [6, 6.07) is 0.983. The van der Waals surface area contributed by atoms with Gasteiger partial charge in [0.1, 0.15) is 0 Å². The zero-order valence-corrected chi connectivity index (χ0v) is 9.99. The molecule has 17 heavy (non-hydrogen) atoms. The number of carbonyl (C=O) groups excluding carboxylic acids is 1. The number of aryl methyl sites for hydroxylation is 1. The van der Waals surface area contributed by atoms with Crippen LogP contribution in [0.5, 0.6) is 0 Å². The van der Waals surface area contributed by atoms with Crippen LogP contribution in [0, 0.1) is 12.8 Å². The van der Waals surface area contributed by atoms with Crippen LogP contribution in [0.3, 0.4) is 0 Å². The molecule has 2 bridgehead atoms. The summed E-state index contributed by atoms with van der Waals surface area (Å²) in [5.74, 6) is 0.353. The minimum absolute atomic E-state index is 0.168. The van der Waals surface area contributed by atoms with Crippen LogP contribution >= 0.6 is 0 Å². The molecule has 3 atom stereocenters. The van der Waals surface area contributed by atoms with E-state index in [4.69, 9.17) is 0 Å². The fourth-order valence-corrected chi connectivity index (χ4v) is 2.98. The van der Waals surface area contributed by atoms with Crippen molar-refractivity contribution in [2.45, 2.75) is 44.8 Å². The number of fused-ring (bicyclic) bond motifs is 2. The summed E-state index contributed by atoms with van der Waals surface area (Å²) in [6.45, 7) is 2.54. The average molecular weight is 234 g/mol. The van der Waals surface area contributed by atoms with Gasteiger partial charge in [0.05, 0.1) is 12.1 Å². The summed E-state index contributed by atoms with van der Waals surface area (Å²) in [5, 5.41) is 13.3. The van der Waals surface area contributed by atoms with E-state index in [1.54, 1.807) is 6.20 Å². The number of hydrogen-bond donors (Lipinski definition) is 3. The molecule has 5 heteroatoms. The van der Waals surface area contributed by atoms with Crippen molar-refractivity contribution in [2.75, 3.05) is 0 Å². The molecule has 0 saturated carbocycles. The molecule has 2 aliphatic rings. The second-order valence-corrected chi connectivity index (χ2v) is 5.13. The van der Waals surface area contributed by atoms with Gasteiger partial charge in [-0.05, 0) is 26.2 Å². The first-order valence-corrected chi connectivity index (χ1v) is 6.26. The van der Waals surface area contributed by atoms with Gasteiger partial charge in [-0.1, -0.05) is 0 Å². The van der Waals surface area contributed by atoms with E-state index >= 15 is 0 Å². The van der Waals surface area contributed by atoms with E-state index in [9.17, 15) is 4.79 Å². The van der Waals surface area contributed by atoms with E-state index in [1.807, 2.05) is 6.92 Å². The number of aromatic amines is 1. The molecule has 0 aromatic carbocycles. The van der Waals surface area contributed by atoms with E-state index in [0.717, 1.165) is 24.1 Å². The molecular weight excluding hydrogens is 216 g/mol. The highest BCUT2D eigenvalue weighted by Gasteiger charge is 2.42. The number of carbonyl (C=O) groups is 1. The van der Waals surface area contributed by atoms with E-state index in [2.05, 4.69) is 20.8 Å². The van der Waals surface area contributed by atoms with Crippen LogP contribution in [0.1, 0.15) is 30.5 Å². The molecule has 92 valence electrons. The van der Waals surface area contributed by atoms with Crippen molar-refractivity contribution >= 4 is 5.91 Å². The number of hydrogen-bond acceptors (Lipinski definition) is 3. The van der Waals surface area contributed by atoms with Crippen molar-refractivity contribution in [3.63, 3.8) is 0 Å². The minimum atomic E-state index is 0.168. The third kappa shape index (κ3) is 1.95. The van der Waals surface area contributed by atoms with Crippen LogP contribution in [0.2, 0.25) is 0 Å². The first-order valence-electron chi connectivity index (χ1n) is 6.26. The van der Waals surface area contributed by atoms with Crippen LogP contribution in [0.15, 0.2) is 6.20 Å². The van der Waals surface area contributed by atoms with Crippen molar-refractivity contribution in [2.24, 2.45) is 5.92 Å². The largest absolute Gasteiger partial charge is 0.352 e.